The van der Waals surface area contributed by atoms with Crippen molar-refractivity contribution in [3.05, 3.63) is 25.3 Å². The lowest BCUT2D eigenvalue weighted by Gasteiger charge is -2.25. The number of aromatic nitrogens is 8. The molecule has 0 saturated carbocycles. The first-order valence-corrected chi connectivity index (χ1v) is 14.8. The monoisotopic (exact) mass is 652 g/mol. The van der Waals surface area contributed by atoms with Crippen LogP contribution in [0.4, 0.5) is 11.6 Å². The second kappa shape index (κ2) is 12.5. The van der Waals surface area contributed by atoms with E-state index in [1.54, 1.807) is 0 Å². The van der Waals surface area contributed by atoms with Gasteiger partial charge in [0, 0.05) is 14.2 Å². The van der Waals surface area contributed by atoms with Crippen LogP contribution in [0, 0.1) is 0 Å². The van der Waals surface area contributed by atoms with Gasteiger partial charge in [-0.05, 0) is 0 Å². The van der Waals surface area contributed by atoms with E-state index in [1.807, 2.05) is 0 Å². The van der Waals surface area contributed by atoms with Crippen molar-refractivity contribution in [3.8, 4) is 0 Å². The second-order valence-electron chi connectivity index (χ2n) is 9.97. The van der Waals surface area contributed by atoms with Gasteiger partial charge in [0.15, 0.2) is 41.5 Å². The lowest BCUT2D eigenvalue weighted by molar-refractivity contribution is -0.142. The summed E-state index contributed by atoms with van der Waals surface area (Å²) in [6.45, 7) is -0.592. The van der Waals surface area contributed by atoms with E-state index in [-0.39, 0.29) is 35.9 Å². The molecule has 0 aliphatic carbocycles. The molecule has 6 heterocycles. The molecule has 4 aromatic heterocycles. The van der Waals surface area contributed by atoms with Crippen molar-refractivity contribution < 1.29 is 52.1 Å². The quantitative estimate of drug-likeness (QED) is 0.102. The number of phosphoric ester groups is 1. The third kappa shape index (κ3) is 5.69. The van der Waals surface area contributed by atoms with E-state index in [0.717, 1.165) is 0 Å². The summed E-state index contributed by atoms with van der Waals surface area (Å²) in [5.74, 6) is 0.247. The predicted molar refractivity (Wildman–Crippen MR) is 148 cm³/mol. The van der Waals surface area contributed by atoms with Crippen LogP contribution < -0.4 is 11.5 Å². The first-order valence-electron chi connectivity index (χ1n) is 13.3. The molecule has 6 rings (SSSR count). The van der Waals surface area contributed by atoms with E-state index in [9.17, 15) is 19.4 Å². The summed E-state index contributed by atoms with van der Waals surface area (Å²) >= 11 is 0. The molecule has 242 valence electrons. The number of nitrogens with zero attached hydrogens (tertiary/aromatic N) is 8. The van der Waals surface area contributed by atoms with Gasteiger partial charge in [-0.25, -0.2) is 34.5 Å². The Morgan fingerprint density at radius 1 is 0.889 bits per heavy atom. The fraction of sp³-hybridized carbons (Fsp3) is 0.522. The number of aliphatic hydroxyl groups is 1. The molecule has 9 atom stereocenters. The number of carbonyl (C=O) groups is 1. The highest BCUT2D eigenvalue weighted by atomic mass is 31.2. The van der Waals surface area contributed by atoms with Crippen molar-refractivity contribution in [2.45, 2.75) is 49.1 Å². The van der Waals surface area contributed by atoms with Crippen LogP contribution in [0.15, 0.2) is 25.3 Å². The Balaban J connectivity index is 1.19. The number of nitrogen functional groups attached to an aromatic ring is 2. The fourth-order valence-corrected chi connectivity index (χ4v) is 6.33. The van der Waals surface area contributed by atoms with Crippen LogP contribution in [-0.2, 0) is 42.1 Å². The van der Waals surface area contributed by atoms with Gasteiger partial charge in [-0.1, -0.05) is 0 Å². The van der Waals surface area contributed by atoms with Crippen LogP contribution in [0.3, 0.4) is 0 Å². The number of hydrogen-bond donors (Lipinski definition) is 4. The Kier molecular flexibility index (Phi) is 8.61. The molecule has 0 bridgehead atoms. The minimum atomic E-state index is -4.95. The van der Waals surface area contributed by atoms with Crippen LogP contribution in [0.5, 0.6) is 0 Å². The Hall–Kier alpha value is -3.92. The third-order valence-electron chi connectivity index (χ3n) is 7.39. The van der Waals surface area contributed by atoms with Crippen molar-refractivity contribution in [1.29, 1.82) is 0 Å². The number of imidazole rings is 2. The molecule has 1 unspecified atom stereocenters. The summed E-state index contributed by atoms with van der Waals surface area (Å²) in [5, 5.41) is 10.9. The highest BCUT2D eigenvalue weighted by Crippen LogP contribution is 2.50. The maximum atomic E-state index is 13.3. The van der Waals surface area contributed by atoms with E-state index in [0.29, 0.717) is 11.2 Å². The largest absolute Gasteiger partial charge is 0.472 e. The fourth-order valence-electron chi connectivity index (χ4n) is 5.37. The lowest BCUT2D eigenvalue weighted by atomic mass is 10.1. The SMILES string of the molecule is COC[C@H]1O[C@@H](n2cnc3c(N)ncnc32)[C@H](OC=O)[C@@H]1OP(=O)(O)OC[C@H]1O[C@@H](n2cnc3c(N)ncnc32)[C@H](OC)[C@@H]1O. The molecule has 2 aliphatic heterocycles. The van der Waals surface area contributed by atoms with Gasteiger partial charge in [-0.3, -0.25) is 23.0 Å². The zero-order valence-corrected chi connectivity index (χ0v) is 24.6. The molecule has 4 aromatic rings. The van der Waals surface area contributed by atoms with Crippen LogP contribution in [0.1, 0.15) is 12.5 Å². The molecule has 2 saturated heterocycles. The van der Waals surface area contributed by atoms with Crippen LogP contribution in [0.25, 0.3) is 22.3 Å². The number of nitrogens with two attached hydrogens (primary N) is 2. The van der Waals surface area contributed by atoms with Gasteiger partial charge >= 0.3 is 7.82 Å². The molecule has 45 heavy (non-hydrogen) atoms. The zero-order valence-electron chi connectivity index (χ0n) is 23.7. The van der Waals surface area contributed by atoms with E-state index < -0.39 is 63.5 Å². The summed E-state index contributed by atoms with van der Waals surface area (Å²) in [6, 6.07) is 0. The molecule has 21 nitrogen and oxygen atoms in total. The van der Waals surface area contributed by atoms with Gasteiger partial charge in [0.1, 0.15) is 54.2 Å². The zero-order chi connectivity index (χ0) is 31.9. The number of carbonyl (C=O) groups excluding carboxylic acids is 1. The molecular formula is C23H29N10O11P. The minimum Gasteiger partial charge on any atom is -0.457 e. The second-order valence-corrected chi connectivity index (χ2v) is 11.4. The summed E-state index contributed by atoms with van der Waals surface area (Å²) < 4.78 is 54.9. The predicted octanol–water partition coefficient (Wildman–Crippen LogP) is -1.31. The summed E-state index contributed by atoms with van der Waals surface area (Å²) in [5.41, 5.74) is 12.9. The molecular weight excluding hydrogens is 623 g/mol. The van der Waals surface area contributed by atoms with Crippen LogP contribution in [0.2, 0.25) is 0 Å². The van der Waals surface area contributed by atoms with Crippen molar-refractivity contribution in [3.63, 3.8) is 0 Å². The average molecular weight is 653 g/mol. The van der Waals surface area contributed by atoms with E-state index in [4.69, 9.17) is 44.2 Å². The van der Waals surface area contributed by atoms with Gasteiger partial charge in [-0.15, -0.1) is 0 Å². The van der Waals surface area contributed by atoms with Gasteiger partial charge < -0.3 is 45.2 Å². The van der Waals surface area contributed by atoms with Crippen LogP contribution >= 0.6 is 7.82 Å². The standard InChI is InChI=1S/C23H29N10O11P/c1-38-3-11-15(17(40-9-34)23(43-11)33-8-31-13-19(25)27-6-29-21(13)33)44-45(36,37)41-4-10-14(35)16(39-2)22(42-10)32-7-30-12-18(24)26-5-28-20(12)32/h5-11,14-17,22-23,35H,3-4H2,1-2H3,(H,36,37)(H2,24,26,28)(H2,25,27,29)/t10-,11-,14-,15-,16-,17-,22-,23-/m1/s1. The molecule has 0 aromatic carbocycles. The smallest absolute Gasteiger partial charge is 0.457 e. The third-order valence-corrected chi connectivity index (χ3v) is 8.38. The highest BCUT2D eigenvalue weighted by Gasteiger charge is 2.52. The topological polar surface area (TPSA) is 278 Å². The van der Waals surface area contributed by atoms with Crippen molar-refractivity contribution >= 4 is 48.3 Å². The maximum absolute atomic E-state index is 13.3. The molecule has 22 heteroatoms. The minimum absolute atomic E-state index is 0.104. The van der Waals surface area contributed by atoms with E-state index >= 15 is 0 Å². The maximum Gasteiger partial charge on any atom is 0.472 e. The van der Waals surface area contributed by atoms with Crippen molar-refractivity contribution in [1.82, 2.24) is 39.0 Å². The molecule has 0 radical (unpaired) electrons. The molecule has 0 amide bonds. The number of fused-ring (bicyclic) bond motifs is 2. The molecule has 2 aliphatic rings. The number of methoxy groups -OCH3 is 2. The van der Waals surface area contributed by atoms with Gasteiger partial charge in [0.25, 0.3) is 6.47 Å². The average Bonchev–Trinajstić information content (AvgIpc) is 3.78. The highest BCUT2D eigenvalue weighted by molar-refractivity contribution is 7.47. The number of aliphatic hydroxyl groups excluding tert-OH is 1. The van der Waals surface area contributed by atoms with E-state index in [2.05, 4.69) is 29.9 Å². The van der Waals surface area contributed by atoms with Crippen molar-refractivity contribution in [2.24, 2.45) is 0 Å². The number of phosphoric acid groups is 1. The van der Waals surface area contributed by atoms with Crippen LogP contribution in [-0.4, -0.2) is 120 Å². The Bertz CT molecular complexity index is 1720. The summed E-state index contributed by atoms with van der Waals surface area (Å²) in [6.07, 6.45) is -3.99. The normalized spacial score (nSPS) is 29.8. The Morgan fingerprint density at radius 3 is 2.02 bits per heavy atom. The Morgan fingerprint density at radius 2 is 1.47 bits per heavy atom. The van der Waals surface area contributed by atoms with E-state index in [1.165, 1.54) is 48.7 Å². The summed E-state index contributed by atoms with van der Waals surface area (Å²) in [7, 11) is -2.21. The number of rotatable bonds is 12. The first kappa shape index (κ1) is 31.1. The molecule has 2 fully saturated rings. The number of anilines is 2. The molecule has 6 N–H and O–H groups in total. The first-order chi connectivity index (χ1) is 21.7. The van der Waals surface area contributed by atoms with Gasteiger partial charge in [0.2, 0.25) is 0 Å². The summed E-state index contributed by atoms with van der Waals surface area (Å²) in [4.78, 5) is 46.8. The lowest BCUT2D eigenvalue weighted by Crippen LogP contribution is -2.38. The molecule has 0 spiro atoms. The van der Waals surface area contributed by atoms with Crippen molar-refractivity contribution in [2.75, 3.05) is 38.9 Å². The number of hydrogen-bond acceptors (Lipinski definition) is 18. The Labute approximate surface area is 253 Å². The van der Waals surface area contributed by atoms with Gasteiger partial charge in [-0.2, -0.15) is 0 Å². The number of ether oxygens (including phenoxy) is 5. The van der Waals surface area contributed by atoms with Gasteiger partial charge in [0.05, 0.1) is 25.9 Å².